The minimum atomic E-state index is -0.981. The molecule has 0 heterocycles. The molecule has 148 valence electrons. The second-order valence-corrected chi connectivity index (χ2v) is 4.49. The van der Waals surface area contributed by atoms with Crippen molar-refractivity contribution in [3.63, 3.8) is 0 Å². The second kappa shape index (κ2) is 22.6. The minimum absolute atomic E-state index is 0.330. The van der Waals surface area contributed by atoms with Crippen LogP contribution in [-0.4, -0.2) is 29.6 Å². The molecule has 3 N–H and O–H groups in total. The molecule has 6 heteroatoms. The lowest BCUT2D eigenvalue weighted by molar-refractivity contribution is -0.138. The zero-order chi connectivity index (χ0) is 21.5. The fourth-order valence-corrected chi connectivity index (χ4v) is 0.965. The van der Waals surface area contributed by atoms with Crippen molar-refractivity contribution in [1.82, 2.24) is 0 Å². The van der Waals surface area contributed by atoms with Crippen LogP contribution in [-0.2, 0) is 19.1 Å². The van der Waals surface area contributed by atoms with Gasteiger partial charge >= 0.3 is 11.9 Å². The van der Waals surface area contributed by atoms with Gasteiger partial charge in [-0.2, -0.15) is 0 Å². The Bertz CT molecular complexity index is 561. The maximum atomic E-state index is 10.3. The Hall–Kier alpha value is -3.41. The third-order valence-corrected chi connectivity index (χ3v) is 2.32. The van der Waals surface area contributed by atoms with E-state index in [2.05, 4.69) is 36.8 Å². The quantitative estimate of drug-likeness (QED) is 0.429. The molecule has 0 unspecified atom stereocenters. The predicted octanol–water partition coefficient (Wildman–Crippen LogP) is 3.76. The van der Waals surface area contributed by atoms with Crippen molar-refractivity contribution >= 4 is 23.9 Å². The zero-order valence-electron chi connectivity index (χ0n) is 15.8. The van der Waals surface area contributed by atoms with Gasteiger partial charge in [0.25, 0.3) is 0 Å². The van der Waals surface area contributed by atoms with E-state index in [1.54, 1.807) is 0 Å². The highest BCUT2D eigenvalue weighted by Crippen LogP contribution is 1.97. The van der Waals surface area contributed by atoms with Crippen molar-refractivity contribution in [2.45, 2.75) is 19.8 Å². The van der Waals surface area contributed by atoms with E-state index in [4.69, 9.17) is 5.11 Å². The monoisotopic (exact) mass is 375 g/mol. The Morgan fingerprint density at radius 1 is 1.04 bits per heavy atom. The Kier molecular flexibility index (Phi) is 23.8. The SMILES string of the molecule is C=CC(=O)O.C=CC(=O)OCCCC.C=CC(N)=O.C=Cc1ccccc1. The number of amides is 1. The first-order chi connectivity index (χ1) is 12.8. The predicted molar refractivity (Wildman–Crippen MR) is 110 cm³/mol. The van der Waals surface area contributed by atoms with E-state index in [0.717, 1.165) is 25.0 Å². The summed E-state index contributed by atoms with van der Waals surface area (Å²) in [6.07, 6.45) is 6.87. The van der Waals surface area contributed by atoms with Crippen LogP contribution in [0.3, 0.4) is 0 Å². The van der Waals surface area contributed by atoms with Crippen LogP contribution >= 0.6 is 0 Å². The molecule has 0 saturated heterocycles. The zero-order valence-corrected chi connectivity index (χ0v) is 15.8. The van der Waals surface area contributed by atoms with Crippen molar-refractivity contribution in [2.24, 2.45) is 5.73 Å². The van der Waals surface area contributed by atoms with Gasteiger partial charge in [0.05, 0.1) is 6.61 Å². The molecule has 6 nitrogen and oxygen atoms in total. The molecule has 0 aliphatic heterocycles. The van der Waals surface area contributed by atoms with Crippen molar-refractivity contribution in [2.75, 3.05) is 6.61 Å². The number of rotatable bonds is 7. The number of carboxylic acid groups (broad SMARTS) is 1. The van der Waals surface area contributed by atoms with E-state index in [0.29, 0.717) is 6.61 Å². The van der Waals surface area contributed by atoms with E-state index in [-0.39, 0.29) is 5.97 Å². The summed E-state index contributed by atoms with van der Waals surface area (Å²) in [5.74, 6) is -1.79. The number of unbranched alkanes of at least 4 members (excludes halogenated alkanes) is 1. The largest absolute Gasteiger partial charge is 0.478 e. The molecule has 0 aliphatic rings. The maximum Gasteiger partial charge on any atom is 0.330 e. The fourth-order valence-electron chi connectivity index (χ4n) is 0.965. The molecule has 27 heavy (non-hydrogen) atoms. The molecular weight excluding hydrogens is 346 g/mol. The summed E-state index contributed by atoms with van der Waals surface area (Å²) in [6.45, 7) is 15.5. The van der Waals surface area contributed by atoms with Gasteiger partial charge < -0.3 is 15.6 Å². The molecule has 1 rings (SSSR count). The number of esters is 1. The van der Waals surface area contributed by atoms with Crippen LogP contribution in [0.25, 0.3) is 6.08 Å². The summed E-state index contributed by atoms with van der Waals surface area (Å²) in [6, 6.07) is 10.0. The number of hydrogen-bond donors (Lipinski definition) is 2. The normalized spacial score (nSPS) is 7.74. The molecule has 0 aromatic heterocycles. The van der Waals surface area contributed by atoms with Gasteiger partial charge in [-0.15, -0.1) is 0 Å². The Labute approximate surface area is 161 Å². The van der Waals surface area contributed by atoms with Crippen LogP contribution < -0.4 is 5.73 Å². The number of hydrogen-bond acceptors (Lipinski definition) is 4. The molecule has 1 aromatic carbocycles. The summed E-state index contributed by atoms with van der Waals surface area (Å²) >= 11 is 0. The van der Waals surface area contributed by atoms with Gasteiger partial charge in [-0.25, -0.2) is 9.59 Å². The van der Waals surface area contributed by atoms with Crippen LogP contribution in [0.1, 0.15) is 25.3 Å². The van der Waals surface area contributed by atoms with Gasteiger partial charge in [0.15, 0.2) is 0 Å². The van der Waals surface area contributed by atoms with Gasteiger partial charge in [0.1, 0.15) is 0 Å². The van der Waals surface area contributed by atoms with Gasteiger partial charge in [-0.3, -0.25) is 4.79 Å². The van der Waals surface area contributed by atoms with Crippen LogP contribution in [0.4, 0.5) is 0 Å². The summed E-state index contributed by atoms with van der Waals surface area (Å²) in [4.78, 5) is 29.1. The second-order valence-electron chi connectivity index (χ2n) is 4.49. The van der Waals surface area contributed by atoms with Crippen molar-refractivity contribution in [1.29, 1.82) is 0 Å². The fraction of sp³-hybridized carbons (Fsp3) is 0.190. The molecule has 0 aliphatic carbocycles. The van der Waals surface area contributed by atoms with Crippen LogP contribution in [0.5, 0.6) is 0 Å². The van der Waals surface area contributed by atoms with Crippen LogP contribution in [0, 0.1) is 0 Å². The maximum absolute atomic E-state index is 10.3. The first kappa shape index (κ1) is 28.4. The highest BCUT2D eigenvalue weighted by molar-refractivity contribution is 5.85. The topological polar surface area (TPSA) is 107 Å². The average Bonchev–Trinajstić information content (AvgIpc) is 2.69. The third-order valence-electron chi connectivity index (χ3n) is 2.32. The highest BCUT2D eigenvalue weighted by atomic mass is 16.5. The molecule has 1 aromatic rings. The van der Waals surface area contributed by atoms with E-state index >= 15 is 0 Å². The molecule has 0 fully saturated rings. The lowest BCUT2D eigenvalue weighted by atomic mass is 10.2. The molecule has 0 spiro atoms. The average molecular weight is 375 g/mol. The lowest BCUT2D eigenvalue weighted by Crippen LogP contribution is -2.04. The summed E-state index contributed by atoms with van der Waals surface area (Å²) in [5, 5.41) is 7.60. The molecule has 0 saturated carbocycles. The number of nitrogens with two attached hydrogens (primary N) is 1. The first-order valence-corrected chi connectivity index (χ1v) is 8.02. The number of benzene rings is 1. The molecule has 1 amide bonds. The highest BCUT2D eigenvalue weighted by Gasteiger charge is 1.91. The van der Waals surface area contributed by atoms with Crippen molar-refractivity contribution < 1.29 is 24.2 Å². The number of ether oxygens (including phenoxy) is 1. The molecule has 0 atom stereocenters. The Morgan fingerprint density at radius 3 is 1.78 bits per heavy atom. The van der Waals surface area contributed by atoms with Crippen LogP contribution in [0.2, 0.25) is 0 Å². The number of carboxylic acids is 1. The minimum Gasteiger partial charge on any atom is -0.478 e. The number of aliphatic carboxylic acids is 1. The van der Waals surface area contributed by atoms with Crippen molar-refractivity contribution in [3.05, 3.63) is 80.4 Å². The third kappa shape index (κ3) is 31.0. The van der Waals surface area contributed by atoms with E-state index in [9.17, 15) is 14.4 Å². The van der Waals surface area contributed by atoms with Gasteiger partial charge in [0, 0.05) is 12.2 Å². The smallest absolute Gasteiger partial charge is 0.330 e. The lowest BCUT2D eigenvalue weighted by Gasteiger charge is -1.97. The Morgan fingerprint density at radius 2 is 1.52 bits per heavy atom. The standard InChI is InChI=1S/C8H8.C7H12O2.C3H5NO.C3H4O2/c1-2-8-6-4-3-5-7-8;1-3-5-6-9-7(8)4-2;2*1-2-3(4)5/h2-7H,1H2;4H,2-3,5-6H2,1H3;2H,1H2,(H2,4,5);2H,1H2,(H,4,5). The molecular formula is C21H29NO5. The summed E-state index contributed by atoms with van der Waals surface area (Å²) in [7, 11) is 0. The van der Waals surface area contributed by atoms with Gasteiger partial charge in [0.2, 0.25) is 5.91 Å². The summed E-state index contributed by atoms with van der Waals surface area (Å²) < 4.78 is 4.67. The number of carbonyl (C=O) groups excluding carboxylic acids is 2. The van der Waals surface area contributed by atoms with E-state index in [1.165, 1.54) is 11.6 Å². The van der Waals surface area contributed by atoms with Gasteiger partial charge in [-0.1, -0.05) is 76.1 Å². The van der Waals surface area contributed by atoms with E-state index < -0.39 is 11.9 Å². The van der Waals surface area contributed by atoms with Gasteiger partial charge in [-0.05, 0) is 18.1 Å². The Balaban J connectivity index is -0.000000295. The number of primary amides is 1. The molecule has 0 radical (unpaired) electrons. The first-order valence-electron chi connectivity index (χ1n) is 8.02. The summed E-state index contributed by atoms with van der Waals surface area (Å²) in [5.41, 5.74) is 5.71. The van der Waals surface area contributed by atoms with E-state index in [1.807, 2.05) is 43.3 Å². The van der Waals surface area contributed by atoms with Crippen molar-refractivity contribution in [3.8, 4) is 0 Å². The van der Waals surface area contributed by atoms with Crippen LogP contribution in [0.15, 0.2) is 74.9 Å². The molecule has 0 bridgehead atoms. The number of carbonyl (C=O) groups is 3.